The summed E-state index contributed by atoms with van der Waals surface area (Å²) in [4.78, 5) is 40.6. The van der Waals surface area contributed by atoms with Crippen molar-refractivity contribution in [3.8, 4) is 6.07 Å². The van der Waals surface area contributed by atoms with Crippen molar-refractivity contribution in [2.75, 3.05) is 6.54 Å². The average Bonchev–Trinajstić information content (AvgIpc) is 3.10. The van der Waals surface area contributed by atoms with Crippen molar-refractivity contribution in [3.63, 3.8) is 0 Å². The van der Waals surface area contributed by atoms with Gasteiger partial charge in [0, 0.05) is 30.8 Å². The van der Waals surface area contributed by atoms with Gasteiger partial charge >= 0.3 is 5.97 Å². The number of esters is 1. The van der Waals surface area contributed by atoms with Gasteiger partial charge in [-0.15, -0.1) is 0 Å². The van der Waals surface area contributed by atoms with Crippen LogP contribution in [0.5, 0.6) is 0 Å². The second-order valence-electron chi connectivity index (χ2n) is 7.75. The highest BCUT2D eigenvalue weighted by atomic mass is 16.5. The van der Waals surface area contributed by atoms with E-state index in [1.54, 1.807) is 24.5 Å². The van der Waals surface area contributed by atoms with Gasteiger partial charge in [0.2, 0.25) is 11.8 Å². The number of hydrogen-bond donors (Lipinski definition) is 2. The van der Waals surface area contributed by atoms with Gasteiger partial charge in [-0.3, -0.25) is 19.4 Å². The molecular weight excluding hydrogens is 372 g/mol. The second kappa shape index (κ2) is 11.1. The molecule has 0 bridgehead atoms. The molecule has 1 aromatic heterocycles. The largest absolute Gasteiger partial charge is 0.461 e. The molecule has 3 atom stereocenters. The van der Waals surface area contributed by atoms with Gasteiger partial charge in [0.25, 0.3) is 0 Å². The van der Waals surface area contributed by atoms with Crippen LogP contribution in [-0.2, 0) is 25.7 Å². The zero-order valence-corrected chi connectivity index (χ0v) is 16.9. The van der Waals surface area contributed by atoms with Crippen LogP contribution in [0.25, 0.3) is 0 Å². The maximum Gasteiger partial charge on any atom is 0.306 e. The van der Waals surface area contributed by atoms with Crippen molar-refractivity contribution >= 4 is 17.8 Å². The van der Waals surface area contributed by atoms with Crippen LogP contribution in [0.15, 0.2) is 24.5 Å². The molecule has 1 fully saturated rings. The molecule has 2 heterocycles. The third kappa shape index (κ3) is 7.53. The first-order valence-corrected chi connectivity index (χ1v) is 9.91. The molecule has 1 saturated heterocycles. The Labute approximate surface area is 171 Å². The number of aromatic nitrogens is 1. The molecule has 2 N–H and O–H groups in total. The quantitative estimate of drug-likeness (QED) is 0.577. The summed E-state index contributed by atoms with van der Waals surface area (Å²) in [5, 5.41) is 14.8. The predicted octanol–water partition coefficient (Wildman–Crippen LogP) is 1.71. The molecule has 8 nitrogen and oxygen atoms in total. The summed E-state index contributed by atoms with van der Waals surface area (Å²) in [6.45, 7) is 4.64. The third-order valence-electron chi connectivity index (χ3n) is 4.84. The lowest BCUT2D eigenvalue weighted by molar-refractivity contribution is -0.148. The SMILES string of the molecule is CC(C)C[C@H](CC(=O)OCc1ccncc1)C(=O)N[C@H](C#N)C[C@@H]1CCNC1=O. The minimum Gasteiger partial charge on any atom is -0.461 e. The first kappa shape index (κ1) is 22.3. The van der Waals surface area contributed by atoms with Gasteiger partial charge in [-0.05, 0) is 42.9 Å². The summed E-state index contributed by atoms with van der Waals surface area (Å²) >= 11 is 0. The smallest absolute Gasteiger partial charge is 0.306 e. The standard InChI is InChI=1S/C21H28N4O4/c1-14(2)9-17(11-19(26)29-13-15-3-6-23-7-4-15)21(28)25-18(12-22)10-16-5-8-24-20(16)27/h3-4,6-7,14,16-18H,5,8-11,13H2,1-2H3,(H,24,27)(H,25,28)/t16-,17+,18-/m0/s1. The number of rotatable bonds is 10. The predicted molar refractivity (Wildman–Crippen MR) is 105 cm³/mol. The van der Waals surface area contributed by atoms with Crippen LogP contribution in [0.2, 0.25) is 0 Å². The Kier molecular flexibility index (Phi) is 8.59. The maximum atomic E-state index is 12.7. The first-order chi connectivity index (χ1) is 13.9. The molecule has 0 saturated carbocycles. The topological polar surface area (TPSA) is 121 Å². The molecule has 1 aromatic rings. The molecule has 1 aliphatic rings. The number of pyridine rings is 1. The van der Waals surface area contributed by atoms with Crippen LogP contribution >= 0.6 is 0 Å². The summed E-state index contributed by atoms with van der Waals surface area (Å²) in [5.74, 6) is -1.57. The fourth-order valence-electron chi connectivity index (χ4n) is 3.34. The second-order valence-corrected chi connectivity index (χ2v) is 7.75. The fraction of sp³-hybridized carbons (Fsp3) is 0.571. The number of ether oxygens (including phenoxy) is 1. The monoisotopic (exact) mass is 400 g/mol. The van der Waals surface area contributed by atoms with E-state index in [1.165, 1.54) is 0 Å². The molecule has 0 aromatic carbocycles. The Hall–Kier alpha value is -2.95. The van der Waals surface area contributed by atoms with E-state index in [4.69, 9.17) is 4.74 Å². The van der Waals surface area contributed by atoms with E-state index >= 15 is 0 Å². The summed E-state index contributed by atoms with van der Waals surface area (Å²) < 4.78 is 5.28. The van der Waals surface area contributed by atoms with E-state index in [-0.39, 0.29) is 43.1 Å². The number of nitrogens with zero attached hydrogens (tertiary/aromatic N) is 2. The Morgan fingerprint density at radius 3 is 2.69 bits per heavy atom. The summed E-state index contributed by atoms with van der Waals surface area (Å²) in [5.41, 5.74) is 0.817. The minimum atomic E-state index is -0.765. The Balaban J connectivity index is 1.91. The molecule has 0 unspecified atom stereocenters. The van der Waals surface area contributed by atoms with Crippen LogP contribution in [0.4, 0.5) is 0 Å². The molecule has 0 spiro atoms. The lowest BCUT2D eigenvalue weighted by Gasteiger charge is -2.21. The molecular formula is C21H28N4O4. The highest BCUT2D eigenvalue weighted by molar-refractivity contribution is 5.84. The van der Waals surface area contributed by atoms with Crippen molar-refractivity contribution in [2.24, 2.45) is 17.8 Å². The molecule has 2 amide bonds. The highest BCUT2D eigenvalue weighted by Crippen LogP contribution is 2.20. The number of hydrogen-bond acceptors (Lipinski definition) is 6. The van der Waals surface area contributed by atoms with Crippen LogP contribution in [0, 0.1) is 29.1 Å². The number of carbonyl (C=O) groups is 3. The molecule has 0 aliphatic carbocycles. The molecule has 0 radical (unpaired) electrons. The number of amides is 2. The van der Waals surface area contributed by atoms with Crippen molar-refractivity contribution in [2.45, 2.75) is 52.2 Å². The van der Waals surface area contributed by atoms with Gasteiger partial charge in [0.1, 0.15) is 12.6 Å². The minimum absolute atomic E-state index is 0.0584. The number of nitriles is 1. The first-order valence-electron chi connectivity index (χ1n) is 9.91. The highest BCUT2D eigenvalue weighted by Gasteiger charge is 2.30. The Bertz CT molecular complexity index is 745. The van der Waals surface area contributed by atoms with Crippen LogP contribution in [-0.4, -0.2) is 35.4 Å². The summed E-state index contributed by atoms with van der Waals surface area (Å²) in [7, 11) is 0. The maximum absolute atomic E-state index is 12.7. The fourth-order valence-corrected chi connectivity index (χ4v) is 3.34. The van der Waals surface area contributed by atoms with Gasteiger partial charge < -0.3 is 15.4 Å². The van der Waals surface area contributed by atoms with Gasteiger partial charge in [-0.1, -0.05) is 13.8 Å². The van der Waals surface area contributed by atoms with E-state index in [0.717, 1.165) is 5.56 Å². The zero-order chi connectivity index (χ0) is 21.2. The lowest BCUT2D eigenvalue weighted by atomic mass is 9.92. The van der Waals surface area contributed by atoms with Crippen LogP contribution in [0.1, 0.15) is 45.1 Å². The van der Waals surface area contributed by atoms with Crippen molar-refractivity contribution in [1.82, 2.24) is 15.6 Å². The van der Waals surface area contributed by atoms with Crippen molar-refractivity contribution in [1.29, 1.82) is 5.26 Å². The van der Waals surface area contributed by atoms with Crippen molar-refractivity contribution in [3.05, 3.63) is 30.1 Å². The Morgan fingerprint density at radius 2 is 2.10 bits per heavy atom. The zero-order valence-electron chi connectivity index (χ0n) is 16.9. The van der Waals surface area contributed by atoms with Crippen LogP contribution < -0.4 is 10.6 Å². The normalized spacial score (nSPS) is 17.9. The third-order valence-corrected chi connectivity index (χ3v) is 4.84. The van der Waals surface area contributed by atoms with Gasteiger partial charge in [0.15, 0.2) is 0 Å². The summed E-state index contributed by atoms with van der Waals surface area (Å²) in [6.07, 6.45) is 4.60. The number of carbonyl (C=O) groups excluding carboxylic acids is 3. The van der Waals surface area contributed by atoms with Gasteiger partial charge in [-0.2, -0.15) is 5.26 Å². The van der Waals surface area contributed by atoms with Crippen LogP contribution in [0.3, 0.4) is 0 Å². The van der Waals surface area contributed by atoms with E-state index in [9.17, 15) is 19.6 Å². The van der Waals surface area contributed by atoms with E-state index in [2.05, 4.69) is 21.7 Å². The van der Waals surface area contributed by atoms with Crippen molar-refractivity contribution < 1.29 is 19.1 Å². The molecule has 2 rings (SSSR count). The Morgan fingerprint density at radius 1 is 1.38 bits per heavy atom. The van der Waals surface area contributed by atoms with Gasteiger partial charge in [-0.25, -0.2) is 0 Å². The molecule has 29 heavy (non-hydrogen) atoms. The number of nitrogens with one attached hydrogen (secondary N) is 2. The van der Waals surface area contributed by atoms with E-state index in [1.807, 2.05) is 13.8 Å². The molecule has 1 aliphatic heterocycles. The van der Waals surface area contributed by atoms with E-state index < -0.39 is 17.9 Å². The average molecular weight is 400 g/mol. The van der Waals surface area contributed by atoms with E-state index in [0.29, 0.717) is 19.4 Å². The molecule has 156 valence electrons. The van der Waals surface area contributed by atoms with Gasteiger partial charge in [0.05, 0.1) is 12.5 Å². The lowest BCUT2D eigenvalue weighted by Crippen LogP contribution is -2.41. The summed E-state index contributed by atoms with van der Waals surface area (Å²) in [6, 6.07) is 4.79. The molecule has 8 heteroatoms.